The van der Waals surface area contributed by atoms with Crippen molar-refractivity contribution in [3.63, 3.8) is 0 Å². The van der Waals surface area contributed by atoms with Crippen LogP contribution in [-0.4, -0.2) is 30.3 Å². The number of carbonyl (C=O) groups is 3. The van der Waals surface area contributed by atoms with E-state index < -0.39 is 29.5 Å². The summed E-state index contributed by atoms with van der Waals surface area (Å²) in [5.74, 6) is -2.88. The lowest BCUT2D eigenvalue weighted by Crippen LogP contribution is -2.43. The number of amides is 1. The van der Waals surface area contributed by atoms with Crippen LogP contribution in [0.2, 0.25) is 0 Å². The molecule has 1 aromatic rings. The number of hydrogen-bond acceptors (Lipinski definition) is 4. The Morgan fingerprint density at radius 3 is 2.74 bits per heavy atom. The molecule has 1 aromatic carbocycles. The summed E-state index contributed by atoms with van der Waals surface area (Å²) in [7, 11) is 0. The number of halogens is 1. The predicted octanol–water partition coefficient (Wildman–Crippen LogP) is 1.31. The van der Waals surface area contributed by atoms with Crippen LogP contribution in [-0.2, 0) is 14.3 Å². The summed E-state index contributed by atoms with van der Waals surface area (Å²) in [4.78, 5) is 36.3. The van der Waals surface area contributed by atoms with Crippen LogP contribution in [0.15, 0.2) is 18.2 Å². The molecule has 0 aromatic heterocycles. The normalized spacial score (nSPS) is 15.4. The van der Waals surface area contributed by atoms with Crippen molar-refractivity contribution in [2.24, 2.45) is 0 Å². The van der Waals surface area contributed by atoms with Crippen LogP contribution in [0.25, 0.3) is 0 Å². The van der Waals surface area contributed by atoms with E-state index in [-0.39, 0.29) is 17.9 Å². The number of carbonyl (C=O) groups excluding carboxylic acids is 3. The molecule has 1 amide bonds. The fourth-order valence-electron chi connectivity index (χ4n) is 1.99. The van der Waals surface area contributed by atoms with Gasteiger partial charge in [0.1, 0.15) is 11.9 Å². The summed E-state index contributed by atoms with van der Waals surface area (Å²) in [6.07, 6.45) is 0. The molecule has 0 bridgehead atoms. The van der Waals surface area contributed by atoms with E-state index in [9.17, 15) is 18.8 Å². The van der Waals surface area contributed by atoms with Gasteiger partial charge in [0.05, 0.1) is 17.9 Å². The number of benzene rings is 1. The van der Waals surface area contributed by atoms with E-state index in [0.29, 0.717) is 0 Å². The molecule has 1 unspecified atom stereocenters. The van der Waals surface area contributed by atoms with Crippen LogP contribution in [0.1, 0.15) is 24.2 Å². The first-order chi connectivity index (χ1) is 8.97. The molecule has 1 heterocycles. The monoisotopic (exact) mass is 265 g/mol. The van der Waals surface area contributed by atoms with Crippen molar-refractivity contribution in [2.75, 3.05) is 11.5 Å². The van der Waals surface area contributed by atoms with Gasteiger partial charge in [-0.25, -0.2) is 9.18 Å². The van der Waals surface area contributed by atoms with Crippen LogP contribution >= 0.6 is 0 Å². The molecule has 5 nitrogen and oxygen atoms in total. The second-order valence-electron chi connectivity index (χ2n) is 4.09. The molecule has 1 atom stereocenters. The second-order valence-corrected chi connectivity index (χ2v) is 4.09. The first-order valence-electron chi connectivity index (χ1n) is 5.81. The Morgan fingerprint density at radius 2 is 2.11 bits per heavy atom. The van der Waals surface area contributed by atoms with Gasteiger partial charge in [-0.15, -0.1) is 0 Å². The maximum atomic E-state index is 13.1. The minimum atomic E-state index is -0.928. The SMILES string of the molecule is CCOC(=O)C(C)N1C(=O)C(=O)c2cc(F)ccc21. The molecule has 0 saturated heterocycles. The molecule has 2 rings (SSSR count). The number of ketones is 1. The summed E-state index contributed by atoms with van der Waals surface area (Å²) >= 11 is 0. The number of fused-ring (bicyclic) bond motifs is 1. The lowest BCUT2D eigenvalue weighted by molar-refractivity contribution is -0.145. The Kier molecular flexibility index (Phi) is 3.33. The predicted molar refractivity (Wildman–Crippen MR) is 64.3 cm³/mol. The number of rotatable bonds is 3. The van der Waals surface area contributed by atoms with E-state index in [1.54, 1.807) is 6.92 Å². The molecule has 100 valence electrons. The van der Waals surface area contributed by atoms with E-state index in [1.807, 2.05) is 0 Å². The highest BCUT2D eigenvalue weighted by molar-refractivity contribution is 6.52. The van der Waals surface area contributed by atoms with Gasteiger partial charge < -0.3 is 4.74 Å². The van der Waals surface area contributed by atoms with Crippen LogP contribution in [0, 0.1) is 5.82 Å². The van der Waals surface area contributed by atoms with Crippen LogP contribution in [0.3, 0.4) is 0 Å². The van der Waals surface area contributed by atoms with E-state index in [2.05, 4.69) is 0 Å². The van der Waals surface area contributed by atoms with Gasteiger partial charge >= 0.3 is 5.97 Å². The first kappa shape index (κ1) is 13.2. The molecular formula is C13H12FNO4. The molecule has 1 aliphatic heterocycles. The van der Waals surface area contributed by atoms with Crippen molar-refractivity contribution < 1.29 is 23.5 Å². The van der Waals surface area contributed by atoms with Gasteiger partial charge in [0.15, 0.2) is 0 Å². The third kappa shape index (κ3) is 2.09. The van der Waals surface area contributed by atoms with Gasteiger partial charge in [-0.05, 0) is 32.0 Å². The van der Waals surface area contributed by atoms with Gasteiger partial charge in [-0.3, -0.25) is 14.5 Å². The van der Waals surface area contributed by atoms with E-state index >= 15 is 0 Å². The van der Waals surface area contributed by atoms with Crippen LogP contribution in [0.4, 0.5) is 10.1 Å². The van der Waals surface area contributed by atoms with Crippen molar-refractivity contribution in [3.8, 4) is 0 Å². The highest BCUT2D eigenvalue weighted by Crippen LogP contribution is 2.31. The molecule has 19 heavy (non-hydrogen) atoms. The molecule has 0 radical (unpaired) electrons. The average molecular weight is 265 g/mol. The Balaban J connectivity index is 2.41. The maximum absolute atomic E-state index is 13.1. The smallest absolute Gasteiger partial charge is 0.328 e. The zero-order valence-corrected chi connectivity index (χ0v) is 10.5. The minimum Gasteiger partial charge on any atom is -0.464 e. The zero-order valence-electron chi connectivity index (χ0n) is 10.5. The Morgan fingerprint density at radius 1 is 1.42 bits per heavy atom. The first-order valence-corrected chi connectivity index (χ1v) is 5.81. The van der Waals surface area contributed by atoms with E-state index in [4.69, 9.17) is 4.74 Å². The lowest BCUT2D eigenvalue weighted by Gasteiger charge is -2.22. The Bertz CT molecular complexity index is 570. The third-order valence-electron chi connectivity index (χ3n) is 2.89. The van der Waals surface area contributed by atoms with Gasteiger partial charge in [0.25, 0.3) is 11.7 Å². The summed E-state index contributed by atoms with van der Waals surface area (Å²) in [6.45, 7) is 3.28. The Labute approximate surface area is 109 Å². The topological polar surface area (TPSA) is 63.7 Å². The van der Waals surface area contributed by atoms with Crippen LogP contribution in [0.5, 0.6) is 0 Å². The number of anilines is 1. The molecule has 0 spiro atoms. The molecular weight excluding hydrogens is 253 g/mol. The Hall–Kier alpha value is -2.24. The molecule has 0 saturated carbocycles. The summed E-state index contributed by atoms with van der Waals surface area (Å²) in [5.41, 5.74) is 0.207. The summed E-state index contributed by atoms with van der Waals surface area (Å²) in [5, 5.41) is 0. The van der Waals surface area contributed by atoms with Gasteiger partial charge in [-0.2, -0.15) is 0 Å². The molecule has 0 N–H and O–H groups in total. The van der Waals surface area contributed by atoms with Gasteiger partial charge in [-0.1, -0.05) is 0 Å². The minimum absolute atomic E-state index is 0.0267. The van der Waals surface area contributed by atoms with Crippen molar-refractivity contribution in [1.29, 1.82) is 0 Å². The number of ether oxygens (including phenoxy) is 1. The maximum Gasteiger partial charge on any atom is 0.328 e. The largest absolute Gasteiger partial charge is 0.464 e. The van der Waals surface area contributed by atoms with Crippen LogP contribution < -0.4 is 4.90 Å². The number of esters is 1. The highest BCUT2D eigenvalue weighted by Gasteiger charge is 2.41. The number of hydrogen-bond donors (Lipinski definition) is 0. The van der Waals surface area contributed by atoms with E-state index in [1.165, 1.54) is 13.0 Å². The second kappa shape index (κ2) is 4.79. The van der Waals surface area contributed by atoms with Gasteiger partial charge in [0.2, 0.25) is 0 Å². The fourth-order valence-corrected chi connectivity index (χ4v) is 1.99. The molecule has 6 heteroatoms. The highest BCUT2D eigenvalue weighted by atomic mass is 19.1. The third-order valence-corrected chi connectivity index (χ3v) is 2.89. The average Bonchev–Trinajstić information content (AvgIpc) is 2.62. The quantitative estimate of drug-likeness (QED) is 0.610. The number of nitrogens with zero attached hydrogens (tertiary/aromatic N) is 1. The van der Waals surface area contributed by atoms with Crippen molar-refractivity contribution in [1.82, 2.24) is 0 Å². The fraction of sp³-hybridized carbons (Fsp3) is 0.308. The summed E-state index contributed by atoms with van der Waals surface area (Å²) < 4.78 is 17.9. The van der Waals surface area contributed by atoms with Crippen molar-refractivity contribution >= 4 is 23.3 Å². The van der Waals surface area contributed by atoms with Crippen molar-refractivity contribution in [3.05, 3.63) is 29.6 Å². The molecule has 0 aliphatic carbocycles. The van der Waals surface area contributed by atoms with E-state index in [0.717, 1.165) is 17.0 Å². The lowest BCUT2D eigenvalue weighted by atomic mass is 10.1. The number of Topliss-reactive ketones (excluding diaryl/α,β-unsaturated/α-hetero) is 1. The standard InChI is InChI=1S/C13H12FNO4/c1-3-19-13(18)7(2)15-10-5-4-8(14)6-9(10)11(16)12(15)17/h4-7H,3H2,1-2H3. The molecule has 1 aliphatic rings. The van der Waals surface area contributed by atoms with Gasteiger partial charge in [0, 0.05) is 0 Å². The summed E-state index contributed by atoms with van der Waals surface area (Å²) in [6, 6.07) is 2.51. The zero-order chi connectivity index (χ0) is 14.2. The van der Waals surface area contributed by atoms with Crippen molar-refractivity contribution in [2.45, 2.75) is 19.9 Å². The molecule has 0 fully saturated rings.